The molecular formula is C24H21BrN2O5S. The van der Waals surface area contributed by atoms with Crippen molar-refractivity contribution in [3.8, 4) is 11.5 Å². The lowest BCUT2D eigenvalue weighted by molar-refractivity contribution is -0.139. The monoisotopic (exact) mass is 528 g/mol. The molecule has 2 heterocycles. The number of ether oxygens (including phenoxy) is 2. The summed E-state index contributed by atoms with van der Waals surface area (Å²) in [7, 11) is 1.57. The molecule has 0 unspecified atom stereocenters. The zero-order chi connectivity index (χ0) is 23.7. The smallest absolute Gasteiger partial charge is 0.338 e. The number of esters is 1. The van der Waals surface area contributed by atoms with Gasteiger partial charge in [0.15, 0.2) is 4.80 Å². The van der Waals surface area contributed by atoms with Gasteiger partial charge < -0.3 is 14.6 Å². The summed E-state index contributed by atoms with van der Waals surface area (Å²) in [4.78, 5) is 31.5. The van der Waals surface area contributed by atoms with Crippen molar-refractivity contribution in [2.24, 2.45) is 4.99 Å². The highest BCUT2D eigenvalue weighted by molar-refractivity contribution is 9.10. The van der Waals surface area contributed by atoms with Crippen molar-refractivity contribution in [1.29, 1.82) is 0 Å². The minimum absolute atomic E-state index is 0.109. The lowest BCUT2D eigenvalue weighted by Gasteiger charge is -2.25. The third-order valence-electron chi connectivity index (χ3n) is 5.18. The van der Waals surface area contributed by atoms with Crippen LogP contribution in [0.3, 0.4) is 0 Å². The number of halogens is 1. The number of benzene rings is 2. The maximum atomic E-state index is 13.5. The molecule has 1 atom stereocenters. The zero-order valence-corrected chi connectivity index (χ0v) is 20.6. The third-order valence-corrected chi connectivity index (χ3v) is 6.78. The van der Waals surface area contributed by atoms with Crippen molar-refractivity contribution in [2.75, 3.05) is 13.7 Å². The molecule has 0 bridgehead atoms. The Hall–Kier alpha value is -3.17. The normalized spacial score (nSPS) is 15.8. The topological polar surface area (TPSA) is 90.1 Å². The number of phenolic OH excluding ortho intramolecular Hbond substituents is 1. The molecule has 0 aliphatic carbocycles. The number of hydrogen-bond donors (Lipinski definition) is 1. The highest BCUT2D eigenvalue weighted by Gasteiger charge is 2.33. The van der Waals surface area contributed by atoms with Gasteiger partial charge in [-0.2, -0.15) is 0 Å². The Bertz CT molecular complexity index is 1450. The van der Waals surface area contributed by atoms with Gasteiger partial charge in [0, 0.05) is 0 Å². The van der Waals surface area contributed by atoms with Crippen LogP contribution in [0.4, 0.5) is 0 Å². The van der Waals surface area contributed by atoms with Crippen LogP contribution in [0.5, 0.6) is 11.5 Å². The van der Waals surface area contributed by atoms with E-state index in [1.165, 1.54) is 15.9 Å². The second-order valence-electron chi connectivity index (χ2n) is 7.29. The summed E-state index contributed by atoms with van der Waals surface area (Å²) in [5, 5.41) is 9.77. The molecule has 1 aromatic heterocycles. The minimum Gasteiger partial charge on any atom is -0.508 e. The van der Waals surface area contributed by atoms with Crippen molar-refractivity contribution in [3.05, 3.63) is 89.0 Å². The van der Waals surface area contributed by atoms with Crippen LogP contribution in [0, 0.1) is 0 Å². The Labute approximate surface area is 202 Å². The average molecular weight is 529 g/mol. The van der Waals surface area contributed by atoms with Gasteiger partial charge in [-0.3, -0.25) is 9.36 Å². The van der Waals surface area contributed by atoms with Gasteiger partial charge in [0.2, 0.25) is 0 Å². The Morgan fingerprint density at radius 1 is 1.30 bits per heavy atom. The maximum Gasteiger partial charge on any atom is 0.338 e. The lowest BCUT2D eigenvalue weighted by atomic mass is 9.96. The molecule has 9 heteroatoms. The highest BCUT2D eigenvalue weighted by atomic mass is 79.9. The van der Waals surface area contributed by atoms with Crippen LogP contribution in [0.15, 0.2) is 68.0 Å². The fraction of sp³-hybridized carbons (Fsp3) is 0.208. The second kappa shape index (κ2) is 9.36. The van der Waals surface area contributed by atoms with Gasteiger partial charge in [0.1, 0.15) is 11.5 Å². The zero-order valence-electron chi connectivity index (χ0n) is 18.2. The standard InChI is InChI=1S/C24H21BrN2O5S/c1-4-32-23(30)20-13(2)26-24-27(21(20)15-8-9-18(31-3)17(25)12-15)22(29)19(33-24)11-14-6-5-7-16(28)10-14/h5-12,21,28H,4H2,1-3H3/b19-11+/t21-/m0/s1. The molecule has 4 rings (SSSR count). The molecule has 0 fully saturated rings. The quantitative estimate of drug-likeness (QED) is 0.513. The van der Waals surface area contributed by atoms with Crippen molar-refractivity contribution in [2.45, 2.75) is 19.9 Å². The van der Waals surface area contributed by atoms with Crippen LogP contribution in [0.2, 0.25) is 0 Å². The van der Waals surface area contributed by atoms with E-state index in [4.69, 9.17) is 9.47 Å². The van der Waals surface area contributed by atoms with Crippen molar-refractivity contribution in [3.63, 3.8) is 0 Å². The van der Waals surface area contributed by atoms with E-state index in [9.17, 15) is 14.7 Å². The summed E-state index contributed by atoms with van der Waals surface area (Å²) in [6.45, 7) is 3.68. The van der Waals surface area contributed by atoms with Crippen LogP contribution >= 0.6 is 27.3 Å². The number of allylic oxidation sites excluding steroid dienone is 1. The first kappa shape index (κ1) is 23.0. The van der Waals surface area contributed by atoms with Gasteiger partial charge in [-0.1, -0.05) is 29.5 Å². The van der Waals surface area contributed by atoms with Gasteiger partial charge in [0.05, 0.1) is 40.0 Å². The number of thiazole rings is 1. The Morgan fingerprint density at radius 3 is 2.76 bits per heavy atom. The third kappa shape index (κ3) is 4.38. The molecule has 0 spiro atoms. The first-order chi connectivity index (χ1) is 15.8. The molecule has 3 aromatic rings. The number of hydrogen-bond acceptors (Lipinski definition) is 7. The number of methoxy groups -OCH3 is 1. The molecule has 0 radical (unpaired) electrons. The van der Waals surface area contributed by atoms with E-state index in [1.54, 1.807) is 57.4 Å². The molecular weight excluding hydrogens is 508 g/mol. The average Bonchev–Trinajstić information content (AvgIpc) is 3.07. The predicted molar refractivity (Wildman–Crippen MR) is 129 cm³/mol. The van der Waals surface area contributed by atoms with Crippen LogP contribution in [-0.2, 0) is 9.53 Å². The SMILES string of the molecule is CCOC(=O)C1=C(C)N=c2s/c(=C/c3cccc(O)c3)c(=O)n2[C@H]1c1ccc(OC)c(Br)c1. The Kier molecular flexibility index (Phi) is 6.53. The summed E-state index contributed by atoms with van der Waals surface area (Å²) in [6, 6.07) is 11.4. The van der Waals surface area contributed by atoms with Gasteiger partial charge in [-0.15, -0.1) is 0 Å². The number of phenols is 1. The lowest BCUT2D eigenvalue weighted by Crippen LogP contribution is -2.39. The first-order valence-electron chi connectivity index (χ1n) is 10.2. The first-order valence-corrected chi connectivity index (χ1v) is 11.8. The number of aromatic nitrogens is 1. The maximum absolute atomic E-state index is 13.5. The van der Waals surface area contributed by atoms with Crippen molar-refractivity contribution >= 4 is 39.3 Å². The molecule has 0 saturated heterocycles. The van der Waals surface area contributed by atoms with Gasteiger partial charge >= 0.3 is 5.97 Å². The van der Waals surface area contributed by atoms with Crippen molar-refractivity contribution < 1.29 is 19.4 Å². The fourth-order valence-corrected chi connectivity index (χ4v) is 5.33. The second-order valence-corrected chi connectivity index (χ2v) is 9.15. The molecule has 1 aliphatic heterocycles. The highest BCUT2D eigenvalue weighted by Crippen LogP contribution is 2.35. The van der Waals surface area contributed by atoms with Crippen LogP contribution in [0.25, 0.3) is 6.08 Å². The number of fused-ring (bicyclic) bond motifs is 1. The number of nitrogens with zero attached hydrogens (tertiary/aromatic N) is 2. The van der Waals surface area contributed by atoms with E-state index in [-0.39, 0.29) is 17.9 Å². The van der Waals surface area contributed by atoms with E-state index in [1.807, 2.05) is 12.1 Å². The van der Waals surface area contributed by atoms with Crippen molar-refractivity contribution in [1.82, 2.24) is 4.57 Å². The number of rotatable bonds is 5. The minimum atomic E-state index is -0.714. The van der Waals surface area contributed by atoms with Crippen LogP contribution in [0.1, 0.15) is 31.0 Å². The molecule has 7 nitrogen and oxygen atoms in total. The summed E-state index contributed by atoms with van der Waals surface area (Å²) < 4.78 is 13.3. The van der Waals surface area contributed by atoms with E-state index >= 15 is 0 Å². The molecule has 2 aromatic carbocycles. The summed E-state index contributed by atoms with van der Waals surface area (Å²) in [5.41, 5.74) is 1.92. The fourth-order valence-electron chi connectivity index (χ4n) is 3.73. The molecule has 1 aliphatic rings. The summed E-state index contributed by atoms with van der Waals surface area (Å²) >= 11 is 4.72. The Morgan fingerprint density at radius 2 is 2.09 bits per heavy atom. The molecule has 170 valence electrons. The summed E-state index contributed by atoms with van der Waals surface area (Å²) in [6.07, 6.45) is 1.70. The molecule has 33 heavy (non-hydrogen) atoms. The van der Waals surface area contributed by atoms with E-state index in [0.29, 0.717) is 42.0 Å². The largest absolute Gasteiger partial charge is 0.508 e. The predicted octanol–water partition coefficient (Wildman–Crippen LogP) is 3.28. The van der Waals surface area contributed by atoms with E-state index in [2.05, 4.69) is 20.9 Å². The van der Waals surface area contributed by atoms with Crippen LogP contribution < -0.4 is 19.6 Å². The molecule has 0 saturated carbocycles. The number of carbonyl (C=O) groups is 1. The number of aromatic hydroxyl groups is 1. The Balaban J connectivity index is 1.97. The van der Waals surface area contributed by atoms with Crippen LogP contribution in [-0.4, -0.2) is 29.4 Å². The van der Waals surface area contributed by atoms with E-state index in [0.717, 1.165) is 0 Å². The summed E-state index contributed by atoms with van der Waals surface area (Å²) in [5.74, 6) is 0.226. The number of carbonyl (C=O) groups excluding carboxylic acids is 1. The van der Waals surface area contributed by atoms with Gasteiger partial charge in [-0.05, 0) is 71.2 Å². The molecule has 0 amide bonds. The van der Waals surface area contributed by atoms with Gasteiger partial charge in [-0.25, -0.2) is 9.79 Å². The van der Waals surface area contributed by atoms with Gasteiger partial charge in [0.25, 0.3) is 5.56 Å². The molecule has 1 N–H and O–H groups in total. The van der Waals surface area contributed by atoms with E-state index < -0.39 is 12.0 Å².